The van der Waals surface area contributed by atoms with E-state index < -0.39 is 5.54 Å². The normalized spacial score (nSPS) is 44.4. The van der Waals surface area contributed by atoms with Crippen molar-refractivity contribution < 1.29 is 19.9 Å². The summed E-state index contributed by atoms with van der Waals surface area (Å²) >= 11 is 0. The molecular formula is C16H26N2O4. The fourth-order valence-electron chi connectivity index (χ4n) is 4.47. The van der Waals surface area contributed by atoms with Gasteiger partial charge in [-0.2, -0.15) is 5.06 Å². The fraction of sp³-hybridized carbons (Fsp3) is 0.812. The number of methoxy groups -OCH3 is 2. The van der Waals surface area contributed by atoms with Crippen LogP contribution in [-0.4, -0.2) is 59.7 Å². The minimum absolute atomic E-state index is 0.0692. The van der Waals surface area contributed by atoms with Crippen molar-refractivity contribution in [1.82, 2.24) is 5.06 Å². The molecule has 0 aromatic heterocycles. The summed E-state index contributed by atoms with van der Waals surface area (Å²) < 4.78 is 10.8. The molecule has 6 nitrogen and oxygen atoms in total. The Hall–Kier alpha value is -0.950. The quantitative estimate of drug-likeness (QED) is 0.465. The van der Waals surface area contributed by atoms with Gasteiger partial charge in [-0.25, -0.2) is 0 Å². The largest absolute Gasteiger partial charge is 0.411 e. The Morgan fingerprint density at radius 1 is 1.18 bits per heavy atom. The Kier molecular flexibility index (Phi) is 4.29. The molecule has 2 spiro atoms. The molecule has 0 bridgehead atoms. The lowest BCUT2D eigenvalue weighted by molar-refractivity contribution is -0.136. The van der Waals surface area contributed by atoms with E-state index in [9.17, 15) is 10.4 Å². The molecule has 1 saturated carbocycles. The third-order valence-electron chi connectivity index (χ3n) is 5.85. The van der Waals surface area contributed by atoms with E-state index in [1.807, 2.05) is 12.2 Å². The van der Waals surface area contributed by atoms with Gasteiger partial charge in [-0.3, -0.25) is 0 Å². The lowest BCUT2D eigenvalue weighted by Gasteiger charge is -2.39. The van der Waals surface area contributed by atoms with Crippen LogP contribution in [0.5, 0.6) is 0 Å². The molecule has 0 aromatic rings. The van der Waals surface area contributed by atoms with E-state index in [-0.39, 0.29) is 17.6 Å². The molecular weight excluding hydrogens is 284 g/mol. The molecule has 22 heavy (non-hydrogen) atoms. The van der Waals surface area contributed by atoms with Crippen molar-refractivity contribution in [3.8, 4) is 0 Å². The predicted molar refractivity (Wildman–Crippen MR) is 81.3 cm³/mol. The third kappa shape index (κ3) is 2.29. The second kappa shape index (κ2) is 5.92. The maximum Gasteiger partial charge on any atom is 0.106 e. The van der Waals surface area contributed by atoms with E-state index in [0.29, 0.717) is 18.7 Å². The highest BCUT2D eigenvalue weighted by Gasteiger charge is 2.59. The zero-order chi connectivity index (χ0) is 15.8. The van der Waals surface area contributed by atoms with E-state index in [0.717, 1.165) is 32.1 Å². The standard InChI is InChI=1S/C16H26N2O4/c1-21-12-3-7-15(8-4-12)11-18(20)16(14(15)17-19)9-5-13(22-2)6-10-16/h5,9,12-13,19-20H,3-4,6-8,10-11H2,1-2H3. The van der Waals surface area contributed by atoms with Crippen LogP contribution >= 0.6 is 0 Å². The minimum Gasteiger partial charge on any atom is -0.411 e. The van der Waals surface area contributed by atoms with Crippen LogP contribution in [0, 0.1) is 5.41 Å². The lowest BCUT2D eigenvalue weighted by Crippen LogP contribution is -2.49. The summed E-state index contributed by atoms with van der Waals surface area (Å²) in [5.74, 6) is 0. The average Bonchev–Trinajstić information content (AvgIpc) is 2.77. The van der Waals surface area contributed by atoms with Crippen LogP contribution in [0.3, 0.4) is 0 Å². The molecule has 2 unspecified atom stereocenters. The van der Waals surface area contributed by atoms with Crippen LogP contribution in [0.25, 0.3) is 0 Å². The van der Waals surface area contributed by atoms with Gasteiger partial charge >= 0.3 is 0 Å². The number of hydroxylamine groups is 2. The van der Waals surface area contributed by atoms with Gasteiger partial charge in [0, 0.05) is 26.2 Å². The van der Waals surface area contributed by atoms with Gasteiger partial charge in [0.1, 0.15) is 5.54 Å². The summed E-state index contributed by atoms with van der Waals surface area (Å²) in [5.41, 5.74) is -0.213. The van der Waals surface area contributed by atoms with E-state index in [4.69, 9.17) is 9.47 Å². The van der Waals surface area contributed by atoms with E-state index in [1.54, 1.807) is 14.2 Å². The van der Waals surface area contributed by atoms with Crippen molar-refractivity contribution in [2.45, 2.75) is 56.3 Å². The Balaban J connectivity index is 1.88. The first kappa shape index (κ1) is 15.9. The number of hydrogen-bond donors (Lipinski definition) is 2. The van der Waals surface area contributed by atoms with Gasteiger partial charge in [0.25, 0.3) is 0 Å². The SMILES string of the molecule is COC1C=CC2(CC1)C(=NO)C1(CCC(OC)CC1)CN2O. The van der Waals surface area contributed by atoms with Crippen LogP contribution in [0.4, 0.5) is 0 Å². The van der Waals surface area contributed by atoms with Crippen LogP contribution < -0.4 is 0 Å². The zero-order valence-corrected chi connectivity index (χ0v) is 13.4. The Morgan fingerprint density at radius 3 is 2.41 bits per heavy atom. The van der Waals surface area contributed by atoms with Crippen LogP contribution in [0.2, 0.25) is 0 Å². The molecule has 2 aliphatic carbocycles. The molecule has 0 aromatic carbocycles. The number of rotatable bonds is 2. The Morgan fingerprint density at radius 2 is 1.91 bits per heavy atom. The van der Waals surface area contributed by atoms with Crippen molar-refractivity contribution in [1.29, 1.82) is 0 Å². The van der Waals surface area contributed by atoms with Crippen molar-refractivity contribution in [2.75, 3.05) is 20.8 Å². The highest BCUT2D eigenvalue weighted by molar-refractivity contribution is 6.02. The summed E-state index contributed by atoms with van der Waals surface area (Å²) in [6, 6.07) is 0. The molecule has 1 saturated heterocycles. The van der Waals surface area contributed by atoms with Crippen LogP contribution in [0.15, 0.2) is 17.3 Å². The van der Waals surface area contributed by atoms with Crippen molar-refractivity contribution >= 4 is 5.71 Å². The summed E-state index contributed by atoms with van der Waals surface area (Å²) in [4.78, 5) is 0. The second-order valence-electron chi connectivity index (χ2n) is 6.82. The maximum atomic E-state index is 10.6. The third-order valence-corrected chi connectivity index (χ3v) is 5.85. The predicted octanol–water partition coefficient (Wildman–Crippen LogP) is 2.20. The first-order chi connectivity index (χ1) is 10.6. The Bertz CT molecular complexity index is 471. The molecule has 2 atom stereocenters. The molecule has 2 N–H and O–H groups in total. The second-order valence-corrected chi connectivity index (χ2v) is 6.82. The number of hydrogen-bond acceptors (Lipinski definition) is 6. The van der Waals surface area contributed by atoms with E-state index in [2.05, 4.69) is 5.16 Å². The van der Waals surface area contributed by atoms with Crippen LogP contribution in [0.1, 0.15) is 38.5 Å². The Labute approximate surface area is 131 Å². The fourth-order valence-corrected chi connectivity index (χ4v) is 4.47. The first-order valence-corrected chi connectivity index (χ1v) is 8.05. The van der Waals surface area contributed by atoms with E-state index >= 15 is 0 Å². The van der Waals surface area contributed by atoms with E-state index in [1.165, 1.54) is 5.06 Å². The van der Waals surface area contributed by atoms with Gasteiger partial charge in [0.05, 0.1) is 17.9 Å². The highest BCUT2D eigenvalue weighted by atomic mass is 16.5. The zero-order valence-electron chi connectivity index (χ0n) is 13.4. The van der Waals surface area contributed by atoms with Gasteiger partial charge in [0.15, 0.2) is 0 Å². The summed E-state index contributed by atoms with van der Waals surface area (Å²) in [5, 5.41) is 25.4. The molecule has 124 valence electrons. The van der Waals surface area contributed by atoms with Gasteiger partial charge in [-0.1, -0.05) is 17.3 Å². The molecule has 0 amide bonds. The summed E-state index contributed by atoms with van der Waals surface area (Å²) in [6.07, 6.45) is 9.40. The minimum atomic E-state index is -0.677. The molecule has 2 fully saturated rings. The molecule has 6 heteroatoms. The highest BCUT2D eigenvalue weighted by Crippen LogP contribution is 2.51. The van der Waals surface area contributed by atoms with Gasteiger partial charge in [-0.15, -0.1) is 0 Å². The topological polar surface area (TPSA) is 74.5 Å². The molecule has 1 heterocycles. The first-order valence-electron chi connectivity index (χ1n) is 8.05. The molecule has 3 aliphatic rings. The average molecular weight is 310 g/mol. The molecule has 1 aliphatic heterocycles. The van der Waals surface area contributed by atoms with Gasteiger partial charge < -0.3 is 19.9 Å². The lowest BCUT2D eigenvalue weighted by atomic mass is 9.66. The maximum absolute atomic E-state index is 10.6. The number of ether oxygens (including phenoxy) is 2. The van der Waals surface area contributed by atoms with Gasteiger partial charge in [-0.05, 0) is 38.5 Å². The number of oxime groups is 1. The number of nitrogens with zero attached hydrogens (tertiary/aromatic N) is 2. The monoisotopic (exact) mass is 310 g/mol. The molecule has 3 rings (SSSR count). The van der Waals surface area contributed by atoms with Crippen molar-refractivity contribution in [2.24, 2.45) is 10.6 Å². The summed E-state index contributed by atoms with van der Waals surface area (Å²) in [6.45, 7) is 0.519. The van der Waals surface area contributed by atoms with Gasteiger partial charge in [0.2, 0.25) is 0 Å². The van der Waals surface area contributed by atoms with Crippen LogP contribution in [-0.2, 0) is 9.47 Å². The van der Waals surface area contributed by atoms with Crippen molar-refractivity contribution in [3.05, 3.63) is 12.2 Å². The molecule has 0 radical (unpaired) electrons. The van der Waals surface area contributed by atoms with Crippen molar-refractivity contribution in [3.63, 3.8) is 0 Å². The summed E-state index contributed by atoms with van der Waals surface area (Å²) in [7, 11) is 3.43. The smallest absolute Gasteiger partial charge is 0.106 e.